The van der Waals surface area contributed by atoms with Gasteiger partial charge in [0, 0.05) is 6.42 Å². The Labute approximate surface area is 187 Å². The van der Waals surface area contributed by atoms with Crippen LogP contribution in [0.15, 0.2) is 0 Å². The number of nitrogens with one attached hydrogen (secondary N) is 1. The van der Waals surface area contributed by atoms with Crippen molar-refractivity contribution in [2.75, 3.05) is 6.67 Å². The summed E-state index contributed by atoms with van der Waals surface area (Å²) in [5.41, 5.74) is 5.32. The second-order valence-corrected chi connectivity index (χ2v) is 11.8. The Balaban J connectivity index is 1.54. The van der Waals surface area contributed by atoms with Crippen molar-refractivity contribution in [3.8, 4) is 0 Å². The number of aliphatic hydroxyl groups is 3. The van der Waals surface area contributed by atoms with Gasteiger partial charge in [-0.1, -0.05) is 20.8 Å². The molecule has 0 aliphatic heterocycles. The lowest BCUT2D eigenvalue weighted by molar-refractivity contribution is -0.207. The van der Waals surface area contributed by atoms with Crippen LogP contribution >= 0.6 is 0 Å². The fourth-order valence-corrected chi connectivity index (χ4v) is 8.89. The monoisotopic (exact) mass is 436 g/mol. The first kappa shape index (κ1) is 23.5. The zero-order valence-corrected chi connectivity index (χ0v) is 19.6. The largest absolute Gasteiger partial charge is 0.393 e. The number of hydrogen-bond acceptors (Lipinski definition) is 5. The molecule has 0 radical (unpaired) electrons. The van der Waals surface area contributed by atoms with Crippen molar-refractivity contribution in [1.82, 2.24) is 5.32 Å². The Bertz CT molecular complexity index is 674. The minimum absolute atomic E-state index is 0.000498. The summed E-state index contributed by atoms with van der Waals surface area (Å²) in [6, 6.07) is 0. The van der Waals surface area contributed by atoms with Crippen molar-refractivity contribution in [3.05, 3.63) is 0 Å². The van der Waals surface area contributed by atoms with E-state index in [9.17, 15) is 20.1 Å². The molecule has 0 saturated heterocycles. The molecule has 0 aromatic carbocycles. The molecule has 31 heavy (non-hydrogen) atoms. The number of amides is 1. The zero-order chi connectivity index (χ0) is 22.6. The molecule has 4 saturated carbocycles. The maximum absolute atomic E-state index is 11.9. The summed E-state index contributed by atoms with van der Waals surface area (Å²) in [5, 5.41) is 35.8. The van der Waals surface area contributed by atoms with Crippen LogP contribution < -0.4 is 11.1 Å². The highest BCUT2D eigenvalue weighted by atomic mass is 16.3. The van der Waals surface area contributed by atoms with E-state index in [0.29, 0.717) is 36.0 Å². The topological polar surface area (TPSA) is 116 Å². The summed E-state index contributed by atoms with van der Waals surface area (Å²) >= 11 is 0. The van der Waals surface area contributed by atoms with E-state index in [0.717, 1.165) is 51.4 Å². The van der Waals surface area contributed by atoms with Gasteiger partial charge in [0.15, 0.2) is 0 Å². The van der Waals surface area contributed by atoms with Gasteiger partial charge in [0.25, 0.3) is 0 Å². The zero-order valence-electron chi connectivity index (χ0n) is 19.6. The molecule has 4 fully saturated rings. The van der Waals surface area contributed by atoms with E-state index in [1.165, 1.54) is 0 Å². The molecular formula is C25H44N2O4. The number of hydrogen-bond donors (Lipinski definition) is 5. The average molecular weight is 437 g/mol. The lowest BCUT2D eigenvalue weighted by Gasteiger charge is -2.63. The lowest BCUT2D eigenvalue weighted by Crippen LogP contribution is -2.62. The molecule has 6 N–H and O–H groups in total. The molecule has 0 spiro atoms. The third-order valence-electron chi connectivity index (χ3n) is 10.6. The fraction of sp³-hybridized carbons (Fsp3) is 0.960. The Morgan fingerprint density at radius 2 is 1.84 bits per heavy atom. The fourth-order valence-electron chi connectivity index (χ4n) is 8.89. The number of fused-ring (bicyclic) bond motifs is 5. The number of carbonyl (C=O) groups is 1. The highest BCUT2D eigenvalue weighted by molar-refractivity contribution is 5.75. The third-order valence-corrected chi connectivity index (χ3v) is 10.6. The first-order chi connectivity index (χ1) is 14.6. The van der Waals surface area contributed by atoms with E-state index >= 15 is 0 Å². The first-order valence-electron chi connectivity index (χ1n) is 12.6. The molecule has 7 unspecified atom stereocenters. The molecule has 4 aliphatic rings. The molecule has 0 aromatic rings. The van der Waals surface area contributed by atoms with Gasteiger partial charge < -0.3 is 26.4 Å². The number of nitrogens with two attached hydrogens (primary N) is 1. The Morgan fingerprint density at radius 3 is 2.55 bits per heavy atom. The van der Waals surface area contributed by atoms with E-state index in [-0.39, 0.29) is 47.6 Å². The van der Waals surface area contributed by atoms with E-state index in [2.05, 4.69) is 26.1 Å². The standard InChI is InChI=1S/C25H44N2O4/c1-14(4-7-22(31)27-13-26)17-5-6-18-23-19(12-21(30)25(17,18)3)24(2)9-8-16(28)10-15(24)11-20(23)29/h14-21,23,28-30H,4-13,26H2,1-3H3,(H,27,31)/t14?,15?,16-,17?,18?,19?,20?,21+,23?,24+,25-/m1/s1. The smallest absolute Gasteiger partial charge is 0.220 e. The highest BCUT2D eigenvalue weighted by Crippen LogP contribution is 2.68. The van der Waals surface area contributed by atoms with Gasteiger partial charge in [-0.15, -0.1) is 0 Å². The number of rotatable bonds is 5. The molecular weight excluding hydrogens is 392 g/mol. The van der Waals surface area contributed by atoms with Gasteiger partial charge in [-0.2, -0.15) is 0 Å². The van der Waals surface area contributed by atoms with Gasteiger partial charge in [-0.25, -0.2) is 0 Å². The molecule has 4 aliphatic carbocycles. The highest BCUT2D eigenvalue weighted by Gasteiger charge is 2.65. The van der Waals surface area contributed by atoms with Crippen molar-refractivity contribution in [3.63, 3.8) is 0 Å². The second-order valence-electron chi connectivity index (χ2n) is 11.8. The molecule has 11 atom stereocenters. The normalized spacial score (nSPS) is 50.2. The predicted molar refractivity (Wildman–Crippen MR) is 120 cm³/mol. The van der Waals surface area contributed by atoms with E-state index in [1.54, 1.807) is 0 Å². The minimum Gasteiger partial charge on any atom is -0.393 e. The quantitative estimate of drug-likeness (QED) is 0.425. The summed E-state index contributed by atoms with van der Waals surface area (Å²) in [4.78, 5) is 11.9. The van der Waals surface area contributed by atoms with Gasteiger partial charge in [-0.05, 0) is 97.7 Å². The van der Waals surface area contributed by atoms with Crippen LogP contribution in [-0.4, -0.2) is 46.2 Å². The Kier molecular flexibility index (Phi) is 6.50. The summed E-state index contributed by atoms with van der Waals surface area (Å²) in [7, 11) is 0. The van der Waals surface area contributed by atoms with Crippen molar-refractivity contribution in [2.24, 2.45) is 52.1 Å². The molecule has 178 valence electrons. The van der Waals surface area contributed by atoms with Crippen molar-refractivity contribution >= 4 is 5.91 Å². The molecule has 6 heteroatoms. The van der Waals surface area contributed by atoms with Crippen LogP contribution in [0.3, 0.4) is 0 Å². The van der Waals surface area contributed by atoms with Crippen LogP contribution in [0, 0.1) is 46.3 Å². The van der Waals surface area contributed by atoms with E-state index < -0.39 is 0 Å². The summed E-state index contributed by atoms with van der Waals surface area (Å²) in [6.45, 7) is 7.03. The van der Waals surface area contributed by atoms with E-state index in [1.807, 2.05) is 0 Å². The molecule has 1 amide bonds. The van der Waals surface area contributed by atoms with E-state index in [4.69, 9.17) is 5.73 Å². The lowest BCUT2D eigenvalue weighted by atomic mass is 9.43. The van der Waals surface area contributed by atoms with Gasteiger partial charge in [-0.3, -0.25) is 4.79 Å². The Morgan fingerprint density at radius 1 is 1.10 bits per heavy atom. The van der Waals surface area contributed by atoms with Crippen molar-refractivity contribution in [2.45, 2.75) is 96.9 Å². The van der Waals surface area contributed by atoms with Crippen LogP contribution in [0.2, 0.25) is 0 Å². The van der Waals surface area contributed by atoms with Crippen LogP contribution in [0.4, 0.5) is 0 Å². The molecule has 6 nitrogen and oxygen atoms in total. The van der Waals surface area contributed by atoms with Crippen LogP contribution in [-0.2, 0) is 4.79 Å². The number of aliphatic hydroxyl groups excluding tert-OH is 3. The summed E-state index contributed by atoms with van der Waals surface area (Å²) < 4.78 is 0. The molecule has 4 rings (SSSR count). The van der Waals surface area contributed by atoms with Gasteiger partial charge in [0.05, 0.1) is 25.0 Å². The maximum atomic E-state index is 11.9. The summed E-state index contributed by atoms with van der Waals surface area (Å²) in [5.74, 6) is 1.95. The van der Waals surface area contributed by atoms with Crippen LogP contribution in [0.25, 0.3) is 0 Å². The summed E-state index contributed by atoms with van der Waals surface area (Å²) in [6.07, 6.45) is 6.62. The van der Waals surface area contributed by atoms with Gasteiger partial charge >= 0.3 is 0 Å². The predicted octanol–water partition coefficient (Wildman–Crippen LogP) is 2.40. The molecule has 0 bridgehead atoms. The van der Waals surface area contributed by atoms with Crippen LogP contribution in [0.1, 0.15) is 78.6 Å². The van der Waals surface area contributed by atoms with Crippen molar-refractivity contribution in [1.29, 1.82) is 0 Å². The van der Waals surface area contributed by atoms with Crippen LogP contribution in [0.5, 0.6) is 0 Å². The second kappa shape index (κ2) is 8.58. The Hall–Kier alpha value is -0.690. The first-order valence-corrected chi connectivity index (χ1v) is 12.6. The molecule has 0 aromatic heterocycles. The molecule has 0 heterocycles. The SMILES string of the molecule is CC(CCC(=O)NCN)C1CCC2C3C(O)CC4C[C@H](O)CC[C@]4(C)C3C[C@H](O)[C@]12C. The average Bonchev–Trinajstić information content (AvgIpc) is 3.07. The van der Waals surface area contributed by atoms with Gasteiger partial charge in [0.2, 0.25) is 5.91 Å². The van der Waals surface area contributed by atoms with Gasteiger partial charge in [0.1, 0.15) is 0 Å². The minimum atomic E-state index is -0.374. The number of carbonyl (C=O) groups excluding carboxylic acids is 1. The maximum Gasteiger partial charge on any atom is 0.220 e. The third kappa shape index (κ3) is 3.75. The van der Waals surface area contributed by atoms with Crippen molar-refractivity contribution < 1.29 is 20.1 Å².